The van der Waals surface area contributed by atoms with E-state index >= 15 is 0 Å². The van der Waals surface area contributed by atoms with Crippen molar-refractivity contribution >= 4 is 0 Å². The van der Waals surface area contributed by atoms with Crippen molar-refractivity contribution < 1.29 is 4.52 Å². The standard InChI is InChI=1S/C14H20N4O/c1-3-15-10(2)12-5-4-8-18(12)9-13-16-14(17-19-13)11-6-7-11/h4-5,8,10-11,15H,3,6-7,9H2,1-2H3. The van der Waals surface area contributed by atoms with Crippen molar-refractivity contribution in [3.05, 3.63) is 35.7 Å². The van der Waals surface area contributed by atoms with E-state index in [9.17, 15) is 0 Å². The van der Waals surface area contributed by atoms with Crippen LogP contribution in [-0.2, 0) is 6.54 Å². The first-order valence-corrected chi connectivity index (χ1v) is 6.98. The van der Waals surface area contributed by atoms with Gasteiger partial charge in [0.15, 0.2) is 5.82 Å². The molecule has 2 aromatic rings. The molecule has 3 rings (SSSR count). The Morgan fingerprint density at radius 2 is 2.37 bits per heavy atom. The van der Waals surface area contributed by atoms with Crippen LogP contribution >= 0.6 is 0 Å². The van der Waals surface area contributed by atoms with Gasteiger partial charge < -0.3 is 14.4 Å². The van der Waals surface area contributed by atoms with Crippen LogP contribution in [0.25, 0.3) is 0 Å². The van der Waals surface area contributed by atoms with E-state index in [0.29, 0.717) is 24.4 Å². The predicted octanol–water partition coefficient (Wildman–Crippen LogP) is 2.47. The average molecular weight is 260 g/mol. The van der Waals surface area contributed by atoms with Crippen LogP contribution in [0.4, 0.5) is 0 Å². The molecule has 102 valence electrons. The fourth-order valence-electron chi connectivity index (χ4n) is 2.36. The van der Waals surface area contributed by atoms with Crippen LogP contribution in [0.15, 0.2) is 22.9 Å². The molecule has 0 amide bonds. The van der Waals surface area contributed by atoms with Crippen molar-refractivity contribution in [1.29, 1.82) is 0 Å². The van der Waals surface area contributed by atoms with Gasteiger partial charge in [-0.25, -0.2) is 0 Å². The Bertz CT molecular complexity index is 541. The van der Waals surface area contributed by atoms with Crippen LogP contribution < -0.4 is 5.32 Å². The molecule has 0 saturated heterocycles. The van der Waals surface area contributed by atoms with Gasteiger partial charge in [0.25, 0.3) is 0 Å². The van der Waals surface area contributed by atoms with Crippen LogP contribution in [0.1, 0.15) is 56.1 Å². The number of rotatable bonds is 6. The Hall–Kier alpha value is -1.62. The zero-order chi connectivity index (χ0) is 13.2. The normalized spacial score (nSPS) is 16.7. The van der Waals surface area contributed by atoms with Gasteiger partial charge in [0.1, 0.15) is 6.54 Å². The van der Waals surface area contributed by atoms with Gasteiger partial charge in [-0.3, -0.25) is 0 Å². The second-order valence-electron chi connectivity index (χ2n) is 5.16. The summed E-state index contributed by atoms with van der Waals surface area (Å²) in [4.78, 5) is 4.47. The molecule has 1 aliphatic carbocycles. The topological polar surface area (TPSA) is 55.9 Å². The minimum atomic E-state index is 0.325. The predicted molar refractivity (Wildman–Crippen MR) is 71.9 cm³/mol. The van der Waals surface area contributed by atoms with Gasteiger partial charge in [0.05, 0.1) is 0 Å². The third-order valence-electron chi connectivity index (χ3n) is 3.55. The van der Waals surface area contributed by atoms with Gasteiger partial charge >= 0.3 is 0 Å². The second-order valence-corrected chi connectivity index (χ2v) is 5.16. The Morgan fingerprint density at radius 1 is 1.53 bits per heavy atom. The van der Waals surface area contributed by atoms with E-state index in [1.165, 1.54) is 18.5 Å². The first-order chi connectivity index (χ1) is 9.28. The lowest BCUT2D eigenvalue weighted by Crippen LogP contribution is -2.20. The van der Waals surface area contributed by atoms with Crippen LogP contribution in [0.3, 0.4) is 0 Å². The highest BCUT2D eigenvalue weighted by Gasteiger charge is 2.28. The quantitative estimate of drug-likeness (QED) is 0.867. The summed E-state index contributed by atoms with van der Waals surface area (Å²) in [6, 6.07) is 4.51. The zero-order valence-corrected chi connectivity index (χ0v) is 11.5. The van der Waals surface area contributed by atoms with Gasteiger partial charge in [-0.05, 0) is 38.4 Å². The summed E-state index contributed by atoms with van der Waals surface area (Å²) in [5.41, 5.74) is 1.24. The van der Waals surface area contributed by atoms with Crippen molar-refractivity contribution in [2.45, 2.75) is 45.2 Å². The molecule has 19 heavy (non-hydrogen) atoms. The molecule has 1 fully saturated rings. The first-order valence-electron chi connectivity index (χ1n) is 6.98. The molecule has 1 unspecified atom stereocenters. The van der Waals surface area contributed by atoms with Crippen molar-refractivity contribution in [3.8, 4) is 0 Å². The van der Waals surface area contributed by atoms with Crippen LogP contribution in [0.2, 0.25) is 0 Å². The molecule has 1 saturated carbocycles. The molecule has 1 atom stereocenters. The Balaban J connectivity index is 1.73. The number of hydrogen-bond donors (Lipinski definition) is 1. The Labute approximate surface area is 113 Å². The molecule has 0 radical (unpaired) electrons. The summed E-state index contributed by atoms with van der Waals surface area (Å²) in [7, 11) is 0. The van der Waals surface area contributed by atoms with E-state index in [1.54, 1.807) is 0 Å². The summed E-state index contributed by atoms with van der Waals surface area (Å²) in [6.45, 7) is 5.89. The fraction of sp³-hybridized carbons (Fsp3) is 0.571. The Morgan fingerprint density at radius 3 is 3.11 bits per heavy atom. The maximum Gasteiger partial charge on any atom is 0.246 e. The fourth-order valence-corrected chi connectivity index (χ4v) is 2.36. The summed E-state index contributed by atoms with van der Waals surface area (Å²) in [6.07, 6.45) is 4.46. The zero-order valence-electron chi connectivity index (χ0n) is 11.5. The van der Waals surface area contributed by atoms with E-state index in [1.807, 2.05) is 0 Å². The van der Waals surface area contributed by atoms with Gasteiger partial charge in [0.2, 0.25) is 5.89 Å². The lowest BCUT2D eigenvalue weighted by molar-refractivity contribution is 0.363. The third kappa shape index (κ3) is 2.71. The van der Waals surface area contributed by atoms with Crippen LogP contribution in [0.5, 0.6) is 0 Å². The number of hydrogen-bond acceptors (Lipinski definition) is 4. The number of nitrogens with one attached hydrogen (secondary N) is 1. The van der Waals surface area contributed by atoms with E-state index in [0.717, 1.165) is 12.4 Å². The van der Waals surface area contributed by atoms with Gasteiger partial charge in [-0.2, -0.15) is 4.98 Å². The molecular weight excluding hydrogens is 240 g/mol. The van der Waals surface area contributed by atoms with Crippen molar-refractivity contribution in [1.82, 2.24) is 20.0 Å². The Kier molecular flexibility index (Phi) is 3.38. The van der Waals surface area contributed by atoms with Crippen LogP contribution in [-0.4, -0.2) is 21.3 Å². The monoisotopic (exact) mass is 260 g/mol. The molecule has 1 N–H and O–H groups in total. The highest BCUT2D eigenvalue weighted by Crippen LogP contribution is 2.38. The lowest BCUT2D eigenvalue weighted by Gasteiger charge is -2.15. The van der Waals surface area contributed by atoms with Crippen molar-refractivity contribution in [3.63, 3.8) is 0 Å². The maximum absolute atomic E-state index is 5.33. The van der Waals surface area contributed by atoms with E-state index in [2.05, 4.69) is 52.2 Å². The molecule has 5 nitrogen and oxygen atoms in total. The average Bonchev–Trinajstić information content (AvgIpc) is 2.97. The van der Waals surface area contributed by atoms with Crippen LogP contribution in [0, 0.1) is 0 Å². The maximum atomic E-state index is 5.33. The third-order valence-corrected chi connectivity index (χ3v) is 3.55. The number of nitrogens with zero attached hydrogens (tertiary/aromatic N) is 3. The smallest absolute Gasteiger partial charge is 0.246 e. The highest BCUT2D eigenvalue weighted by molar-refractivity contribution is 5.13. The largest absolute Gasteiger partial charge is 0.341 e. The minimum absolute atomic E-state index is 0.325. The molecule has 2 aromatic heterocycles. The first kappa shape index (κ1) is 12.4. The van der Waals surface area contributed by atoms with E-state index in [-0.39, 0.29) is 0 Å². The van der Waals surface area contributed by atoms with Gasteiger partial charge in [-0.15, -0.1) is 0 Å². The highest BCUT2D eigenvalue weighted by atomic mass is 16.5. The van der Waals surface area contributed by atoms with E-state index < -0.39 is 0 Å². The summed E-state index contributed by atoms with van der Waals surface area (Å²) in [5.74, 6) is 2.12. The molecular formula is C14H20N4O. The number of aromatic nitrogens is 3. The summed E-state index contributed by atoms with van der Waals surface area (Å²) >= 11 is 0. The van der Waals surface area contributed by atoms with E-state index in [4.69, 9.17) is 4.52 Å². The molecule has 0 spiro atoms. The molecule has 5 heteroatoms. The molecule has 0 aromatic carbocycles. The molecule has 2 heterocycles. The second kappa shape index (κ2) is 5.17. The minimum Gasteiger partial charge on any atom is -0.341 e. The summed E-state index contributed by atoms with van der Waals surface area (Å²) < 4.78 is 7.50. The molecule has 0 aliphatic heterocycles. The SMILES string of the molecule is CCNC(C)c1cccn1Cc1nc(C2CC2)no1. The van der Waals surface area contributed by atoms with Gasteiger partial charge in [0, 0.05) is 23.9 Å². The molecule has 1 aliphatic rings. The molecule has 0 bridgehead atoms. The van der Waals surface area contributed by atoms with Crippen molar-refractivity contribution in [2.75, 3.05) is 6.54 Å². The van der Waals surface area contributed by atoms with Gasteiger partial charge in [-0.1, -0.05) is 12.1 Å². The summed E-state index contributed by atoms with van der Waals surface area (Å²) in [5, 5.41) is 7.47. The lowest BCUT2D eigenvalue weighted by atomic mass is 10.2. The van der Waals surface area contributed by atoms with Crippen molar-refractivity contribution in [2.24, 2.45) is 0 Å².